The van der Waals surface area contributed by atoms with Crippen LogP contribution >= 0.6 is 0 Å². The van der Waals surface area contributed by atoms with Gasteiger partial charge in [-0.05, 0) is 24.6 Å². The zero-order chi connectivity index (χ0) is 25.4. The van der Waals surface area contributed by atoms with Crippen LogP contribution in [0.15, 0.2) is 43.1 Å². The van der Waals surface area contributed by atoms with Crippen molar-refractivity contribution in [2.24, 2.45) is 0 Å². The summed E-state index contributed by atoms with van der Waals surface area (Å²) in [6.45, 7) is 4.36. The number of hydrogen-bond donors (Lipinski definition) is 2. The molecule has 1 aliphatic heterocycles. The van der Waals surface area contributed by atoms with E-state index < -0.39 is 17.8 Å². The highest BCUT2D eigenvalue weighted by Gasteiger charge is 2.33. The molecule has 1 amide bonds. The average molecular weight is 500 g/mol. The van der Waals surface area contributed by atoms with Gasteiger partial charge in [-0.15, -0.1) is 0 Å². The predicted octanol–water partition coefficient (Wildman–Crippen LogP) is 2.98. The van der Waals surface area contributed by atoms with Gasteiger partial charge >= 0.3 is 12.1 Å². The van der Waals surface area contributed by atoms with Crippen molar-refractivity contribution >= 4 is 11.6 Å². The summed E-state index contributed by atoms with van der Waals surface area (Å²) in [6.07, 6.45) is 1.19. The van der Waals surface area contributed by atoms with Crippen LogP contribution in [-0.2, 0) is 15.7 Å². The molecule has 12 heteroatoms. The summed E-state index contributed by atoms with van der Waals surface area (Å²) in [5.74, 6) is 4.83. The van der Waals surface area contributed by atoms with Crippen molar-refractivity contribution in [1.82, 2.24) is 24.8 Å². The predicted molar refractivity (Wildman–Crippen MR) is 124 cm³/mol. The molecule has 36 heavy (non-hydrogen) atoms. The maximum Gasteiger partial charge on any atom is 0.432 e. The second-order valence-electron chi connectivity index (χ2n) is 7.84. The molecule has 0 bridgehead atoms. The van der Waals surface area contributed by atoms with E-state index in [9.17, 15) is 18.0 Å². The number of alkyl halides is 3. The summed E-state index contributed by atoms with van der Waals surface area (Å²) in [5.41, 5.74) is 0.0806. The smallest absolute Gasteiger partial charge is 0.432 e. The lowest BCUT2D eigenvalue weighted by molar-refractivity contribution is -0.140. The monoisotopic (exact) mass is 500 g/mol. The summed E-state index contributed by atoms with van der Waals surface area (Å²) in [7, 11) is 0. The molecule has 3 heterocycles. The maximum atomic E-state index is 13.0. The number of carbonyl (C=O) groups excluding carboxylic acids is 1. The molecule has 2 N–H and O–H groups in total. The van der Waals surface area contributed by atoms with Gasteiger partial charge in [-0.3, -0.25) is 9.69 Å². The summed E-state index contributed by atoms with van der Waals surface area (Å²) in [4.78, 5) is 28.5. The van der Waals surface area contributed by atoms with Crippen LogP contribution in [0.1, 0.15) is 17.7 Å². The summed E-state index contributed by atoms with van der Waals surface area (Å²) in [6, 6.07) is 4.63. The molecule has 1 aliphatic rings. The second kappa shape index (κ2) is 11.7. The molecule has 188 valence electrons. The Balaban J connectivity index is 1.49. The number of carbonyl (C=O) groups is 1. The van der Waals surface area contributed by atoms with Crippen molar-refractivity contribution in [3.63, 3.8) is 0 Å². The van der Waals surface area contributed by atoms with Crippen molar-refractivity contribution in [3.8, 4) is 29.0 Å². The Morgan fingerprint density at radius 2 is 1.97 bits per heavy atom. The lowest BCUT2D eigenvalue weighted by Crippen LogP contribution is -2.37. The number of H-pyrrole nitrogens is 1. The van der Waals surface area contributed by atoms with E-state index in [0.29, 0.717) is 36.7 Å². The van der Waals surface area contributed by atoms with E-state index >= 15 is 0 Å². The van der Waals surface area contributed by atoms with Crippen LogP contribution in [0, 0.1) is 11.8 Å². The fraction of sp³-hybridized carbons (Fsp3) is 0.333. The number of ether oxygens (including phenoxy) is 2. The maximum absolute atomic E-state index is 13.0. The minimum atomic E-state index is -4.55. The minimum Gasteiger partial charge on any atom is -0.491 e. The highest BCUT2D eigenvalue weighted by Crippen LogP contribution is 2.33. The summed E-state index contributed by atoms with van der Waals surface area (Å²) >= 11 is 0. The Morgan fingerprint density at radius 1 is 1.19 bits per heavy atom. The number of benzene rings is 1. The van der Waals surface area contributed by atoms with E-state index in [-0.39, 0.29) is 11.5 Å². The van der Waals surface area contributed by atoms with Crippen molar-refractivity contribution < 1.29 is 27.4 Å². The number of nitrogens with zero attached hydrogens (tertiary/aromatic N) is 4. The first-order valence-corrected chi connectivity index (χ1v) is 11.2. The van der Waals surface area contributed by atoms with E-state index in [2.05, 4.69) is 42.0 Å². The van der Waals surface area contributed by atoms with E-state index in [4.69, 9.17) is 9.47 Å². The molecular formula is C24H23F3N6O3. The Hall–Kier alpha value is -3.95. The number of anilines is 1. The third-order valence-corrected chi connectivity index (χ3v) is 5.24. The lowest BCUT2D eigenvalue weighted by Gasteiger charge is -2.26. The topological polar surface area (TPSA) is 105 Å². The number of imidazole rings is 1. The Morgan fingerprint density at radius 3 is 2.69 bits per heavy atom. The highest BCUT2D eigenvalue weighted by molar-refractivity contribution is 6.05. The van der Waals surface area contributed by atoms with Crippen LogP contribution in [0.25, 0.3) is 11.4 Å². The van der Waals surface area contributed by atoms with E-state index in [1.165, 1.54) is 24.8 Å². The number of hydrogen-bond acceptors (Lipinski definition) is 7. The standard InChI is InChI=1S/C24H23F3N6O3/c25-24(26,27)21-15-30-23(32-21)18-3-4-20(36-9-1-6-33-7-10-35-11-8-33)19(12-18)31-22(34)5-2-17-13-28-16-29-14-17/h3-4,12-16H,1,6-11H2,(H,30,32)(H,31,34). The molecule has 2 aromatic heterocycles. The number of aromatic amines is 1. The SMILES string of the molecule is O=C(C#Cc1cncnc1)Nc1cc(-c2ncc(C(F)(F)F)[nH]2)ccc1OCCCN1CCOCC1. The lowest BCUT2D eigenvalue weighted by atomic mass is 10.1. The minimum absolute atomic E-state index is 0.00390. The number of rotatable bonds is 7. The van der Waals surface area contributed by atoms with E-state index in [0.717, 1.165) is 32.3 Å². The molecule has 1 aromatic carbocycles. The van der Waals surface area contributed by atoms with Crippen molar-refractivity contribution in [2.75, 3.05) is 44.8 Å². The highest BCUT2D eigenvalue weighted by atomic mass is 19.4. The Bertz CT molecular complexity index is 1230. The number of amides is 1. The zero-order valence-corrected chi connectivity index (χ0v) is 19.1. The molecule has 9 nitrogen and oxygen atoms in total. The third-order valence-electron chi connectivity index (χ3n) is 5.24. The van der Waals surface area contributed by atoms with Crippen LogP contribution in [0.5, 0.6) is 5.75 Å². The molecule has 1 fully saturated rings. The van der Waals surface area contributed by atoms with Gasteiger partial charge < -0.3 is 19.8 Å². The fourth-order valence-corrected chi connectivity index (χ4v) is 3.45. The molecule has 0 unspecified atom stereocenters. The first kappa shape index (κ1) is 25.2. The van der Waals surface area contributed by atoms with Crippen LogP contribution in [0.3, 0.4) is 0 Å². The van der Waals surface area contributed by atoms with Gasteiger partial charge in [-0.1, -0.05) is 5.92 Å². The molecule has 0 radical (unpaired) electrons. The van der Waals surface area contributed by atoms with Gasteiger partial charge in [0.1, 0.15) is 23.6 Å². The normalized spacial score (nSPS) is 14.1. The molecule has 0 aliphatic carbocycles. The molecule has 1 saturated heterocycles. The average Bonchev–Trinajstić information content (AvgIpc) is 3.39. The molecule has 0 saturated carbocycles. The van der Waals surface area contributed by atoms with Crippen molar-refractivity contribution in [3.05, 3.63) is 54.4 Å². The van der Waals surface area contributed by atoms with Crippen LogP contribution in [0.2, 0.25) is 0 Å². The Kier molecular flexibility index (Phi) is 8.14. The van der Waals surface area contributed by atoms with Gasteiger partial charge in [0, 0.05) is 43.5 Å². The van der Waals surface area contributed by atoms with E-state index in [1.54, 1.807) is 12.1 Å². The molecule has 0 spiro atoms. The molecule has 0 atom stereocenters. The number of halogens is 3. The summed E-state index contributed by atoms with van der Waals surface area (Å²) < 4.78 is 50.2. The molecular weight excluding hydrogens is 477 g/mol. The fourth-order valence-electron chi connectivity index (χ4n) is 3.45. The first-order valence-electron chi connectivity index (χ1n) is 11.2. The molecule has 3 aromatic rings. The third kappa shape index (κ3) is 7.03. The van der Waals surface area contributed by atoms with Gasteiger partial charge in [-0.25, -0.2) is 15.0 Å². The van der Waals surface area contributed by atoms with Gasteiger partial charge in [0.15, 0.2) is 0 Å². The number of nitrogens with one attached hydrogen (secondary N) is 2. The van der Waals surface area contributed by atoms with Gasteiger partial charge in [0.25, 0.3) is 0 Å². The van der Waals surface area contributed by atoms with Crippen molar-refractivity contribution in [1.29, 1.82) is 0 Å². The van der Waals surface area contributed by atoms with Gasteiger partial charge in [-0.2, -0.15) is 13.2 Å². The van der Waals surface area contributed by atoms with E-state index in [1.807, 2.05) is 0 Å². The van der Waals surface area contributed by atoms with Crippen LogP contribution in [0.4, 0.5) is 18.9 Å². The van der Waals surface area contributed by atoms with Crippen molar-refractivity contribution in [2.45, 2.75) is 12.6 Å². The largest absolute Gasteiger partial charge is 0.491 e. The zero-order valence-electron chi connectivity index (χ0n) is 19.1. The first-order chi connectivity index (χ1) is 17.4. The molecule has 4 rings (SSSR count). The number of aromatic nitrogens is 4. The summed E-state index contributed by atoms with van der Waals surface area (Å²) in [5, 5.41) is 2.65. The quantitative estimate of drug-likeness (QED) is 0.380. The van der Waals surface area contributed by atoms with Gasteiger partial charge in [0.05, 0.1) is 37.3 Å². The van der Waals surface area contributed by atoms with Gasteiger partial charge in [0.2, 0.25) is 0 Å². The Labute approximate surface area is 205 Å². The van der Waals surface area contributed by atoms with Crippen LogP contribution in [-0.4, -0.2) is 70.2 Å². The second-order valence-corrected chi connectivity index (χ2v) is 7.84. The van der Waals surface area contributed by atoms with Crippen LogP contribution < -0.4 is 10.1 Å². The number of morpholine rings is 1.